The third kappa shape index (κ3) is 3.05. The van der Waals surface area contributed by atoms with Gasteiger partial charge in [0, 0.05) is 10.6 Å². The topological polar surface area (TPSA) is 54.5 Å². The molecule has 0 amide bonds. The van der Waals surface area contributed by atoms with Gasteiger partial charge in [-0.1, -0.05) is 35.9 Å². The molecule has 0 aliphatic carbocycles. The first-order chi connectivity index (χ1) is 10.8. The molecule has 5 heteroatoms. The highest BCUT2D eigenvalue weighted by molar-refractivity contribution is 6.30. The van der Waals surface area contributed by atoms with E-state index in [1.165, 1.54) is 6.33 Å². The van der Waals surface area contributed by atoms with Crippen molar-refractivity contribution in [3.8, 4) is 6.07 Å². The summed E-state index contributed by atoms with van der Waals surface area (Å²) in [7, 11) is 0. The Morgan fingerprint density at radius 2 is 2.00 bits per heavy atom. The summed E-state index contributed by atoms with van der Waals surface area (Å²) < 4.78 is 1.68. The maximum atomic E-state index is 8.91. The van der Waals surface area contributed by atoms with Crippen LogP contribution in [0.25, 0.3) is 11.8 Å². The molecule has 2 aromatic carbocycles. The van der Waals surface area contributed by atoms with Crippen LogP contribution in [0, 0.1) is 11.3 Å². The molecule has 106 valence electrons. The van der Waals surface area contributed by atoms with E-state index < -0.39 is 0 Å². The zero-order valence-electron chi connectivity index (χ0n) is 11.5. The Labute approximate surface area is 132 Å². The van der Waals surface area contributed by atoms with Crippen molar-refractivity contribution in [1.29, 1.82) is 5.26 Å². The van der Waals surface area contributed by atoms with Crippen LogP contribution >= 0.6 is 11.6 Å². The molecule has 22 heavy (non-hydrogen) atoms. The summed E-state index contributed by atoms with van der Waals surface area (Å²) in [6.07, 6.45) is 5.09. The number of rotatable bonds is 3. The first-order valence-electron chi connectivity index (χ1n) is 6.59. The maximum absolute atomic E-state index is 8.91. The van der Waals surface area contributed by atoms with Gasteiger partial charge in [-0.25, -0.2) is 9.67 Å². The predicted octanol–water partition coefficient (Wildman–Crippen LogP) is 3.85. The molecule has 4 nitrogen and oxygen atoms in total. The number of aromatic nitrogens is 3. The zero-order chi connectivity index (χ0) is 15.4. The number of halogens is 1. The average Bonchev–Trinajstić information content (AvgIpc) is 3.07. The van der Waals surface area contributed by atoms with Crippen LogP contribution in [-0.2, 0) is 0 Å². The number of hydrogen-bond acceptors (Lipinski definition) is 3. The van der Waals surface area contributed by atoms with Crippen molar-refractivity contribution in [2.24, 2.45) is 0 Å². The van der Waals surface area contributed by atoms with Gasteiger partial charge in [0.2, 0.25) is 0 Å². The van der Waals surface area contributed by atoms with Gasteiger partial charge in [-0.3, -0.25) is 0 Å². The van der Waals surface area contributed by atoms with E-state index in [1.807, 2.05) is 42.5 Å². The molecule has 0 radical (unpaired) electrons. The number of benzene rings is 2. The van der Waals surface area contributed by atoms with Crippen molar-refractivity contribution in [2.45, 2.75) is 0 Å². The predicted molar refractivity (Wildman–Crippen MR) is 85.9 cm³/mol. The number of nitrogens with zero attached hydrogens (tertiary/aromatic N) is 4. The van der Waals surface area contributed by atoms with Gasteiger partial charge in [0.05, 0.1) is 17.3 Å². The highest BCUT2D eigenvalue weighted by Gasteiger charge is 2.06. The molecule has 0 aliphatic rings. The van der Waals surface area contributed by atoms with Crippen LogP contribution < -0.4 is 0 Å². The molecule has 0 unspecified atom stereocenters. The standard InChI is InChI=1S/C17H11ClN4/c18-16-3-1-2-14(8-16)9-17(22-12-20-11-21-22)15-6-4-13(10-19)5-7-15/h1-9,11-12H. The molecule has 0 aliphatic heterocycles. The van der Waals surface area contributed by atoms with Gasteiger partial charge in [0.25, 0.3) is 0 Å². The molecule has 3 aromatic rings. The second-order valence-corrected chi connectivity index (χ2v) is 5.05. The third-order valence-electron chi connectivity index (χ3n) is 3.13. The molecule has 0 spiro atoms. The fourth-order valence-electron chi connectivity index (χ4n) is 2.08. The molecular formula is C17H11ClN4. The summed E-state index contributed by atoms with van der Waals surface area (Å²) in [4.78, 5) is 3.99. The van der Waals surface area contributed by atoms with E-state index in [2.05, 4.69) is 16.2 Å². The Hall–Kier alpha value is -2.90. The highest BCUT2D eigenvalue weighted by Crippen LogP contribution is 2.21. The minimum Gasteiger partial charge on any atom is -0.223 e. The van der Waals surface area contributed by atoms with Crippen molar-refractivity contribution in [3.63, 3.8) is 0 Å². The lowest BCUT2D eigenvalue weighted by Gasteiger charge is -2.08. The molecule has 0 fully saturated rings. The summed E-state index contributed by atoms with van der Waals surface area (Å²) in [5.74, 6) is 0. The second kappa shape index (κ2) is 6.25. The van der Waals surface area contributed by atoms with Gasteiger partial charge >= 0.3 is 0 Å². The third-order valence-corrected chi connectivity index (χ3v) is 3.36. The fraction of sp³-hybridized carbons (Fsp3) is 0. The van der Waals surface area contributed by atoms with Crippen molar-refractivity contribution in [1.82, 2.24) is 14.8 Å². The van der Waals surface area contributed by atoms with E-state index >= 15 is 0 Å². The van der Waals surface area contributed by atoms with Crippen LogP contribution in [0.15, 0.2) is 61.2 Å². The SMILES string of the molecule is N#Cc1ccc(C(=Cc2cccc(Cl)c2)n2cncn2)cc1. The van der Waals surface area contributed by atoms with Gasteiger partial charge in [0.1, 0.15) is 12.7 Å². The van der Waals surface area contributed by atoms with E-state index in [0.717, 1.165) is 16.8 Å². The molecule has 3 rings (SSSR count). The monoisotopic (exact) mass is 306 g/mol. The van der Waals surface area contributed by atoms with Crippen molar-refractivity contribution in [2.75, 3.05) is 0 Å². The molecule has 1 aromatic heterocycles. The average molecular weight is 307 g/mol. The normalized spacial score (nSPS) is 11.2. The number of nitriles is 1. The van der Waals surface area contributed by atoms with Gasteiger partial charge in [0.15, 0.2) is 0 Å². The van der Waals surface area contributed by atoms with Crippen LogP contribution in [-0.4, -0.2) is 14.8 Å². The molecule has 0 saturated heterocycles. The first-order valence-corrected chi connectivity index (χ1v) is 6.97. The van der Waals surface area contributed by atoms with Crippen LogP contribution in [0.5, 0.6) is 0 Å². The van der Waals surface area contributed by atoms with Gasteiger partial charge < -0.3 is 0 Å². The van der Waals surface area contributed by atoms with Gasteiger partial charge in [-0.2, -0.15) is 10.4 Å². The molecule has 1 heterocycles. The van der Waals surface area contributed by atoms with Crippen molar-refractivity contribution < 1.29 is 0 Å². The van der Waals surface area contributed by atoms with Crippen molar-refractivity contribution >= 4 is 23.4 Å². The first kappa shape index (κ1) is 14.1. The molecular weight excluding hydrogens is 296 g/mol. The molecule has 0 N–H and O–H groups in total. The van der Waals surface area contributed by atoms with Crippen molar-refractivity contribution in [3.05, 3.63) is 82.9 Å². The Kier molecular flexibility index (Phi) is 3.99. The van der Waals surface area contributed by atoms with E-state index in [1.54, 1.807) is 23.1 Å². The summed E-state index contributed by atoms with van der Waals surface area (Å²) in [6, 6.07) is 17.0. The lowest BCUT2D eigenvalue weighted by molar-refractivity contribution is 0.906. The fourth-order valence-corrected chi connectivity index (χ4v) is 2.28. The van der Waals surface area contributed by atoms with E-state index in [9.17, 15) is 0 Å². The molecule has 0 saturated carbocycles. The largest absolute Gasteiger partial charge is 0.223 e. The quantitative estimate of drug-likeness (QED) is 0.691. The Bertz CT molecular complexity index is 843. The highest BCUT2D eigenvalue weighted by atomic mass is 35.5. The maximum Gasteiger partial charge on any atom is 0.138 e. The van der Waals surface area contributed by atoms with Crippen LogP contribution in [0.4, 0.5) is 0 Å². The lowest BCUT2D eigenvalue weighted by atomic mass is 10.1. The minimum atomic E-state index is 0.615. The second-order valence-electron chi connectivity index (χ2n) is 4.61. The van der Waals surface area contributed by atoms with E-state index in [0.29, 0.717) is 10.6 Å². The van der Waals surface area contributed by atoms with Gasteiger partial charge in [-0.15, -0.1) is 0 Å². The van der Waals surface area contributed by atoms with E-state index in [4.69, 9.17) is 16.9 Å². The van der Waals surface area contributed by atoms with E-state index in [-0.39, 0.29) is 0 Å². The Morgan fingerprint density at radius 3 is 2.64 bits per heavy atom. The summed E-state index contributed by atoms with van der Waals surface area (Å²) >= 11 is 6.04. The summed E-state index contributed by atoms with van der Waals surface area (Å²) in [5, 5.41) is 13.8. The van der Waals surface area contributed by atoms with Crippen LogP contribution in [0.1, 0.15) is 16.7 Å². The van der Waals surface area contributed by atoms with Crippen LogP contribution in [0.3, 0.4) is 0 Å². The summed E-state index contributed by atoms with van der Waals surface area (Å²) in [6.45, 7) is 0. The number of hydrogen-bond donors (Lipinski definition) is 0. The Balaban J connectivity index is 2.10. The molecule has 0 bridgehead atoms. The molecule has 0 atom stereocenters. The van der Waals surface area contributed by atoms with Crippen LogP contribution in [0.2, 0.25) is 5.02 Å². The summed E-state index contributed by atoms with van der Waals surface area (Å²) in [5.41, 5.74) is 3.36. The van der Waals surface area contributed by atoms with Gasteiger partial charge in [-0.05, 0) is 35.9 Å². The Morgan fingerprint density at radius 1 is 1.18 bits per heavy atom. The lowest BCUT2D eigenvalue weighted by Crippen LogP contribution is -1.99. The zero-order valence-corrected chi connectivity index (χ0v) is 12.3. The smallest absolute Gasteiger partial charge is 0.138 e. The minimum absolute atomic E-state index is 0.615.